The van der Waals surface area contributed by atoms with Crippen molar-refractivity contribution in [2.45, 2.75) is 38.1 Å². The molecule has 3 rings (SSSR count). The Kier molecular flexibility index (Phi) is 3.62. The number of halogens is 1. The van der Waals surface area contributed by atoms with Crippen molar-refractivity contribution in [3.8, 4) is 5.69 Å². The van der Waals surface area contributed by atoms with E-state index in [9.17, 15) is 4.79 Å². The number of hydrogen-bond acceptors (Lipinski definition) is 5. The summed E-state index contributed by atoms with van der Waals surface area (Å²) in [6.07, 6.45) is 2.16. The second-order valence-electron chi connectivity index (χ2n) is 6.07. The van der Waals surface area contributed by atoms with Crippen molar-refractivity contribution in [1.29, 1.82) is 0 Å². The van der Waals surface area contributed by atoms with Crippen LogP contribution in [-0.2, 0) is 4.79 Å². The Morgan fingerprint density at radius 1 is 1.45 bits per heavy atom. The summed E-state index contributed by atoms with van der Waals surface area (Å²) in [4.78, 5) is 12.0. The van der Waals surface area contributed by atoms with E-state index < -0.39 is 5.54 Å². The van der Waals surface area contributed by atoms with E-state index in [0.29, 0.717) is 22.3 Å². The van der Waals surface area contributed by atoms with E-state index in [0.717, 1.165) is 18.7 Å². The zero-order chi connectivity index (χ0) is 15.9. The van der Waals surface area contributed by atoms with Crippen LogP contribution in [0.4, 0.5) is 5.69 Å². The van der Waals surface area contributed by atoms with Gasteiger partial charge in [0.15, 0.2) is 5.82 Å². The number of hydrogen-bond donors (Lipinski definition) is 2. The highest BCUT2D eigenvalue weighted by atomic mass is 35.5. The zero-order valence-corrected chi connectivity index (χ0v) is 13.1. The van der Waals surface area contributed by atoms with Gasteiger partial charge in [-0.05, 0) is 55.3 Å². The van der Waals surface area contributed by atoms with Crippen LogP contribution in [0.2, 0.25) is 5.02 Å². The van der Waals surface area contributed by atoms with Gasteiger partial charge in [0.25, 0.3) is 0 Å². The lowest BCUT2D eigenvalue weighted by Crippen LogP contribution is -2.45. The number of tetrazole rings is 1. The molecular weight excluding hydrogens is 304 g/mol. The van der Waals surface area contributed by atoms with Crippen LogP contribution in [-0.4, -0.2) is 31.7 Å². The van der Waals surface area contributed by atoms with Gasteiger partial charge >= 0.3 is 0 Å². The first-order chi connectivity index (χ1) is 10.4. The van der Waals surface area contributed by atoms with Crippen molar-refractivity contribution >= 4 is 23.2 Å². The van der Waals surface area contributed by atoms with E-state index in [4.69, 9.17) is 17.3 Å². The van der Waals surface area contributed by atoms with Gasteiger partial charge in [0.1, 0.15) is 0 Å². The average molecular weight is 321 g/mol. The van der Waals surface area contributed by atoms with Crippen LogP contribution in [0.25, 0.3) is 5.69 Å². The molecule has 1 aliphatic rings. The number of anilines is 1. The Balaban J connectivity index is 1.93. The topological polar surface area (TPSA) is 98.7 Å². The molecular formula is C14H17ClN6O. The predicted octanol–water partition coefficient (Wildman–Crippen LogP) is 1.87. The Bertz CT molecular complexity index is 716. The van der Waals surface area contributed by atoms with Gasteiger partial charge in [0.2, 0.25) is 5.91 Å². The molecule has 2 aromatic rings. The fourth-order valence-corrected chi connectivity index (χ4v) is 2.20. The quantitative estimate of drug-likeness (QED) is 0.896. The van der Waals surface area contributed by atoms with Crippen molar-refractivity contribution in [3.05, 3.63) is 29.0 Å². The van der Waals surface area contributed by atoms with Gasteiger partial charge < -0.3 is 11.1 Å². The van der Waals surface area contributed by atoms with Crippen molar-refractivity contribution in [3.63, 3.8) is 0 Å². The molecule has 0 unspecified atom stereocenters. The van der Waals surface area contributed by atoms with Crippen molar-refractivity contribution in [1.82, 2.24) is 20.2 Å². The molecule has 3 N–H and O–H groups in total. The molecule has 0 radical (unpaired) electrons. The van der Waals surface area contributed by atoms with Gasteiger partial charge in [-0.3, -0.25) is 4.79 Å². The molecule has 0 aliphatic heterocycles. The smallest absolute Gasteiger partial charge is 0.243 e. The molecule has 1 aromatic heterocycles. The van der Waals surface area contributed by atoms with E-state index in [1.807, 2.05) is 0 Å². The average Bonchev–Trinajstić information content (AvgIpc) is 3.18. The molecule has 1 saturated carbocycles. The maximum absolute atomic E-state index is 12.0. The number of rotatable bonds is 4. The number of nitrogens with two attached hydrogens (primary N) is 1. The van der Waals surface area contributed by atoms with Crippen LogP contribution in [0.1, 0.15) is 38.4 Å². The third kappa shape index (κ3) is 2.95. The van der Waals surface area contributed by atoms with Gasteiger partial charge in [-0.2, -0.15) is 4.68 Å². The molecule has 8 heteroatoms. The highest BCUT2D eigenvalue weighted by Crippen LogP contribution is 2.39. The molecule has 0 atom stereocenters. The van der Waals surface area contributed by atoms with E-state index >= 15 is 0 Å². The zero-order valence-electron chi connectivity index (χ0n) is 12.4. The minimum Gasteiger partial charge on any atom is -0.324 e. The van der Waals surface area contributed by atoms with E-state index in [1.165, 1.54) is 0 Å². The minimum absolute atomic E-state index is 0.278. The van der Waals surface area contributed by atoms with E-state index in [-0.39, 0.29) is 5.91 Å². The van der Waals surface area contributed by atoms with Crippen LogP contribution in [0, 0.1) is 0 Å². The summed E-state index contributed by atoms with van der Waals surface area (Å²) in [7, 11) is 0. The number of aromatic nitrogens is 4. The van der Waals surface area contributed by atoms with E-state index in [1.54, 1.807) is 36.7 Å². The molecule has 1 fully saturated rings. The lowest BCUT2D eigenvalue weighted by atomic mass is 10.1. The van der Waals surface area contributed by atoms with Crippen molar-refractivity contribution in [2.24, 2.45) is 5.73 Å². The monoisotopic (exact) mass is 320 g/mol. The number of amides is 1. The molecule has 0 spiro atoms. The first-order valence-electron chi connectivity index (χ1n) is 7.05. The lowest BCUT2D eigenvalue weighted by Gasteiger charge is -2.18. The van der Waals surface area contributed by atoms with Gasteiger partial charge in [0, 0.05) is 11.6 Å². The Morgan fingerprint density at radius 3 is 2.82 bits per heavy atom. The standard InChI is InChI=1S/C14H17ClN6O/c1-14(2,16)13(22)17-9-5-6-10(15)11(7-9)21-12(8-3-4-8)18-19-20-21/h5-8H,3-4,16H2,1-2H3,(H,17,22). The van der Waals surface area contributed by atoms with Crippen LogP contribution in [0.15, 0.2) is 18.2 Å². The summed E-state index contributed by atoms with van der Waals surface area (Å²) in [6.45, 7) is 3.29. The number of benzene rings is 1. The van der Waals surface area contributed by atoms with Gasteiger partial charge in [0.05, 0.1) is 16.2 Å². The number of carbonyl (C=O) groups excluding carboxylic acids is 1. The summed E-state index contributed by atoms with van der Waals surface area (Å²) in [6, 6.07) is 5.17. The summed E-state index contributed by atoms with van der Waals surface area (Å²) in [5.41, 5.74) is 6.06. The molecule has 7 nitrogen and oxygen atoms in total. The fourth-order valence-electron chi connectivity index (χ4n) is 2.01. The highest BCUT2D eigenvalue weighted by molar-refractivity contribution is 6.32. The lowest BCUT2D eigenvalue weighted by molar-refractivity contribution is -0.120. The van der Waals surface area contributed by atoms with Crippen LogP contribution in [0.3, 0.4) is 0 Å². The maximum Gasteiger partial charge on any atom is 0.243 e. The molecule has 1 amide bonds. The first kappa shape index (κ1) is 14.9. The van der Waals surface area contributed by atoms with Crippen LogP contribution in [0.5, 0.6) is 0 Å². The Hall–Kier alpha value is -1.99. The fraction of sp³-hybridized carbons (Fsp3) is 0.429. The van der Waals surface area contributed by atoms with Crippen LogP contribution >= 0.6 is 11.6 Å². The van der Waals surface area contributed by atoms with Crippen molar-refractivity contribution < 1.29 is 4.79 Å². The molecule has 1 aromatic carbocycles. The number of carbonyl (C=O) groups is 1. The minimum atomic E-state index is -0.965. The second-order valence-corrected chi connectivity index (χ2v) is 6.47. The third-order valence-electron chi connectivity index (χ3n) is 3.45. The number of nitrogens with zero attached hydrogens (tertiary/aromatic N) is 4. The summed E-state index contributed by atoms with van der Waals surface area (Å²) < 4.78 is 1.63. The summed E-state index contributed by atoms with van der Waals surface area (Å²) in [5.74, 6) is 0.900. The largest absolute Gasteiger partial charge is 0.324 e. The first-order valence-corrected chi connectivity index (χ1v) is 7.42. The number of nitrogens with one attached hydrogen (secondary N) is 1. The predicted molar refractivity (Wildman–Crippen MR) is 83.0 cm³/mol. The molecule has 1 aliphatic carbocycles. The highest BCUT2D eigenvalue weighted by Gasteiger charge is 2.30. The third-order valence-corrected chi connectivity index (χ3v) is 3.77. The maximum atomic E-state index is 12.0. The summed E-state index contributed by atoms with van der Waals surface area (Å²) in [5, 5.41) is 15.1. The second kappa shape index (κ2) is 5.33. The van der Waals surface area contributed by atoms with Gasteiger partial charge in [-0.15, -0.1) is 5.10 Å². The SMILES string of the molecule is CC(C)(N)C(=O)Nc1ccc(Cl)c(-n2nnnc2C2CC2)c1. The molecule has 1 heterocycles. The van der Waals surface area contributed by atoms with Gasteiger partial charge in [-0.1, -0.05) is 11.6 Å². The normalized spacial score (nSPS) is 14.9. The van der Waals surface area contributed by atoms with Gasteiger partial charge in [-0.25, -0.2) is 0 Å². The molecule has 116 valence electrons. The Labute approximate surface area is 132 Å². The molecule has 22 heavy (non-hydrogen) atoms. The van der Waals surface area contributed by atoms with E-state index in [2.05, 4.69) is 20.8 Å². The van der Waals surface area contributed by atoms with Crippen LogP contribution < -0.4 is 11.1 Å². The Morgan fingerprint density at radius 2 is 2.18 bits per heavy atom. The molecule has 0 saturated heterocycles. The van der Waals surface area contributed by atoms with Crippen molar-refractivity contribution in [2.75, 3.05) is 5.32 Å². The molecule has 0 bridgehead atoms. The summed E-state index contributed by atoms with van der Waals surface area (Å²) >= 11 is 6.26.